The van der Waals surface area contributed by atoms with Crippen LogP contribution < -0.4 is 10.1 Å². The van der Waals surface area contributed by atoms with E-state index in [9.17, 15) is 9.18 Å². The zero-order chi connectivity index (χ0) is 20.1. The van der Waals surface area contributed by atoms with Gasteiger partial charge in [0.2, 0.25) is 0 Å². The van der Waals surface area contributed by atoms with E-state index in [4.69, 9.17) is 9.47 Å². The van der Waals surface area contributed by atoms with Crippen molar-refractivity contribution in [1.29, 1.82) is 0 Å². The minimum atomic E-state index is -0.337. The van der Waals surface area contributed by atoms with E-state index in [1.165, 1.54) is 16.8 Å². The van der Waals surface area contributed by atoms with Gasteiger partial charge in [-0.3, -0.25) is 4.79 Å². The van der Waals surface area contributed by atoms with Gasteiger partial charge in [-0.25, -0.2) is 9.07 Å². The van der Waals surface area contributed by atoms with Gasteiger partial charge in [-0.1, -0.05) is 30.3 Å². The van der Waals surface area contributed by atoms with Crippen LogP contribution in [0.5, 0.6) is 5.75 Å². The van der Waals surface area contributed by atoms with Crippen molar-refractivity contribution in [3.05, 3.63) is 77.9 Å². The highest BCUT2D eigenvalue weighted by Gasteiger charge is 2.22. The lowest BCUT2D eigenvalue weighted by atomic mass is 10.2. The van der Waals surface area contributed by atoms with E-state index in [1.54, 1.807) is 18.3 Å². The Bertz CT molecular complexity index is 951. The van der Waals surface area contributed by atoms with Gasteiger partial charge in [0.1, 0.15) is 12.4 Å². The van der Waals surface area contributed by atoms with Crippen LogP contribution in [0, 0.1) is 5.82 Å². The first-order chi connectivity index (χ1) is 14.2. The van der Waals surface area contributed by atoms with Crippen LogP contribution >= 0.6 is 0 Å². The standard InChI is InChI=1S/C22H22FN3O3/c23-17-8-10-18(11-9-17)26-14-20(29-15-16-5-2-1-3-6-16)21(25-26)22(27)24-13-19-7-4-12-28-19/h1-3,5-6,8-11,14,19H,4,7,12-13,15H2,(H,24,27). The lowest BCUT2D eigenvalue weighted by molar-refractivity contribution is 0.0850. The van der Waals surface area contributed by atoms with Gasteiger partial charge in [0, 0.05) is 13.2 Å². The van der Waals surface area contributed by atoms with Gasteiger partial charge in [0.15, 0.2) is 11.4 Å². The highest BCUT2D eigenvalue weighted by atomic mass is 19.1. The predicted molar refractivity (Wildman–Crippen MR) is 106 cm³/mol. The molecule has 1 N–H and O–H groups in total. The maximum Gasteiger partial charge on any atom is 0.275 e. The van der Waals surface area contributed by atoms with Crippen LogP contribution in [0.3, 0.4) is 0 Å². The van der Waals surface area contributed by atoms with Crippen molar-refractivity contribution in [3.63, 3.8) is 0 Å². The molecule has 1 amide bonds. The van der Waals surface area contributed by atoms with Crippen LogP contribution in [-0.4, -0.2) is 34.9 Å². The summed E-state index contributed by atoms with van der Waals surface area (Å²) >= 11 is 0. The van der Waals surface area contributed by atoms with Crippen molar-refractivity contribution in [2.75, 3.05) is 13.2 Å². The highest BCUT2D eigenvalue weighted by Crippen LogP contribution is 2.22. The fourth-order valence-electron chi connectivity index (χ4n) is 3.18. The molecule has 29 heavy (non-hydrogen) atoms. The van der Waals surface area contributed by atoms with Gasteiger partial charge in [0.05, 0.1) is 18.0 Å². The third kappa shape index (κ3) is 4.81. The Morgan fingerprint density at radius 2 is 2.00 bits per heavy atom. The number of ether oxygens (including phenoxy) is 2. The van der Waals surface area contributed by atoms with Crippen LogP contribution in [0.1, 0.15) is 28.9 Å². The summed E-state index contributed by atoms with van der Waals surface area (Å²) in [7, 11) is 0. The third-order valence-electron chi connectivity index (χ3n) is 4.74. The van der Waals surface area contributed by atoms with E-state index in [0.717, 1.165) is 25.0 Å². The molecule has 2 heterocycles. The summed E-state index contributed by atoms with van der Waals surface area (Å²) in [5.41, 5.74) is 1.80. The number of halogens is 1. The van der Waals surface area contributed by atoms with Crippen LogP contribution in [0.15, 0.2) is 60.8 Å². The number of hydrogen-bond acceptors (Lipinski definition) is 4. The summed E-state index contributed by atoms with van der Waals surface area (Å²) in [5, 5.41) is 7.26. The monoisotopic (exact) mass is 395 g/mol. The first kappa shape index (κ1) is 19.1. The normalized spacial score (nSPS) is 16.0. The molecule has 0 radical (unpaired) electrons. The molecule has 7 heteroatoms. The Morgan fingerprint density at radius 1 is 1.21 bits per heavy atom. The van der Waals surface area contributed by atoms with Crippen LogP contribution in [0.2, 0.25) is 0 Å². The van der Waals surface area contributed by atoms with E-state index in [0.29, 0.717) is 24.6 Å². The lowest BCUT2D eigenvalue weighted by Crippen LogP contribution is -2.32. The van der Waals surface area contributed by atoms with Gasteiger partial charge >= 0.3 is 0 Å². The molecular formula is C22H22FN3O3. The second kappa shape index (κ2) is 8.87. The number of benzene rings is 2. The molecule has 4 rings (SSSR count). The molecule has 1 aliphatic rings. The number of hydrogen-bond donors (Lipinski definition) is 1. The number of rotatable bonds is 7. The van der Waals surface area contributed by atoms with Gasteiger partial charge in [-0.2, -0.15) is 5.10 Å². The average Bonchev–Trinajstić information content (AvgIpc) is 3.42. The second-order valence-corrected chi connectivity index (χ2v) is 6.88. The Hall–Kier alpha value is -3.19. The summed E-state index contributed by atoms with van der Waals surface area (Å²) in [4.78, 5) is 12.7. The van der Waals surface area contributed by atoms with Crippen molar-refractivity contribution in [1.82, 2.24) is 15.1 Å². The average molecular weight is 395 g/mol. The summed E-state index contributed by atoms with van der Waals surface area (Å²) in [5.74, 6) is -0.302. The zero-order valence-electron chi connectivity index (χ0n) is 15.9. The lowest BCUT2D eigenvalue weighted by Gasteiger charge is -2.10. The summed E-state index contributed by atoms with van der Waals surface area (Å²) < 4.78 is 26.2. The molecule has 6 nitrogen and oxygen atoms in total. The molecule has 1 fully saturated rings. The van der Waals surface area contributed by atoms with Crippen molar-refractivity contribution >= 4 is 5.91 Å². The predicted octanol–water partition coefficient (Wildman–Crippen LogP) is 3.50. The molecule has 2 aromatic carbocycles. The minimum Gasteiger partial charge on any atom is -0.485 e. The molecule has 0 aliphatic carbocycles. The van der Waals surface area contributed by atoms with E-state index in [2.05, 4.69) is 10.4 Å². The molecule has 1 saturated heterocycles. The maximum atomic E-state index is 13.2. The topological polar surface area (TPSA) is 65.4 Å². The SMILES string of the molecule is O=C(NCC1CCCO1)c1nn(-c2ccc(F)cc2)cc1OCc1ccccc1. The molecule has 1 unspecified atom stereocenters. The van der Waals surface area contributed by atoms with E-state index < -0.39 is 0 Å². The molecular weight excluding hydrogens is 373 g/mol. The number of nitrogens with zero attached hydrogens (tertiary/aromatic N) is 2. The first-order valence-electron chi connectivity index (χ1n) is 9.61. The Balaban J connectivity index is 1.54. The highest BCUT2D eigenvalue weighted by molar-refractivity contribution is 5.95. The van der Waals surface area contributed by atoms with Crippen LogP contribution in [0.25, 0.3) is 5.69 Å². The molecule has 1 aromatic heterocycles. The molecule has 1 aliphatic heterocycles. The number of carbonyl (C=O) groups is 1. The zero-order valence-corrected chi connectivity index (χ0v) is 15.9. The van der Waals surface area contributed by atoms with Crippen LogP contribution in [0.4, 0.5) is 4.39 Å². The van der Waals surface area contributed by atoms with Crippen molar-refractivity contribution < 1.29 is 18.7 Å². The van der Waals surface area contributed by atoms with Crippen LogP contribution in [-0.2, 0) is 11.3 Å². The van der Waals surface area contributed by atoms with E-state index in [1.807, 2.05) is 30.3 Å². The summed E-state index contributed by atoms with van der Waals surface area (Å²) in [6, 6.07) is 15.6. The largest absolute Gasteiger partial charge is 0.485 e. The second-order valence-electron chi connectivity index (χ2n) is 6.88. The van der Waals surface area contributed by atoms with Gasteiger partial charge in [0.25, 0.3) is 5.91 Å². The summed E-state index contributed by atoms with van der Waals surface area (Å²) in [6.45, 7) is 1.47. The van der Waals surface area contributed by atoms with Gasteiger partial charge < -0.3 is 14.8 Å². The van der Waals surface area contributed by atoms with Gasteiger partial charge in [-0.05, 0) is 42.7 Å². The Morgan fingerprint density at radius 3 is 2.72 bits per heavy atom. The first-order valence-corrected chi connectivity index (χ1v) is 9.61. The van der Waals surface area contributed by atoms with E-state index in [-0.39, 0.29) is 23.5 Å². The summed E-state index contributed by atoms with van der Waals surface area (Å²) in [6.07, 6.45) is 3.61. The number of carbonyl (C=O) groups excluding carboxylic acids is 1. The quantitative estimate of drug-likeness (QED) is 0.665. The molecule has 1 atom stereocenters. The Kier molecular flexibility index (Phi) is 5.86. The fourth-order valence-corrected chi connectivity index (χ4v) is 3.18. The molecule has 0 bridgehead atoms. The number of nitrogens with one attached hydrogen (secondary N) is 1. The fraction of sp³-hybridized carbons (Fsp3) is 0.273. The third-order valence-corrected chi connectivity index (χ3v) is 4.74. The minimum absolute atomic E-state index is 0.0341. The molecule has 3 aromatic rings. The molecule has 0 saturated carbocycles. The van der Waals surface area contributed by atoms with E-state index >= 15 is 0 Å². The van der Waals surface area contributed by atoms with Crippen molar-refractivity contribution in [2.24, 2.45) is 0 Å². The van der Waals surface area contributed by atoms with Crippen molar-refractivity contribution in [3.8, 4) is 11.4 Å². The maximum absolute atomic E-state index is 13.2. The molecule has 150 valence electrons. The number of aromatic nitrogens is 2. The van der Waals surface area contributed by atoms with Gasteiger partial charge in [-0.15, -0.1) is 0 Å². The van der Waals surface area contributed by atoms with Crippen molar-refractivity contribution in [2.45, 2.75) is 25.6 Å². The molecule has 0 spiro atoms. The number of amides is 1. The Labute approximate surface area is 168 Å². The smallest absolute Gasteiger partial charge is 0.275 e.